The number of para-hydroxylation sites is 1. The summed E-state index contributed by atoms with van der Waals surface area (Å²) >= 11 is 1.27. The number of fused-ring (bicyclic) bond motifs is 1. The number of aromatic nitrogens is 2. The first-order valence-electron chi connectivity index (χ1n) is 6.21. The number of aromatic amines is 1. The van der Waals surface area contributed by atoms with Crippen molar-refractivity contribution in [2.24, 2.45) is 0 Å². The zero-order valence-electron chi connectivity index (χ0n) is 10.9. The maximum atomic E-state index is 12.3. The number of hydrogen-bond acceptors (Lipinski definition) is 4. The number of carbonyl (C=O) groups is 1. The highest BCUT2D eigenvalue weighted by atomic mass is 32.1. The second kappa shape index (κ2) is 5.79. The molecule has 2 heterocycles. The largest absolute Gasteiger partial charge is 0.384 e. The van der Waals surface area contributed by atoms with Crippen molar-refractivity contribution in [1.82, 2.24) is 9.97 Å². The van der Waals surface area contributed by atoms with Gasteiger partial charge in [0.05, 0.1) is 16.6 Å². The number of nitrogens with zero attached hydrogens (tertiary/aromatic N) is 1. The van der Waals surface area contributed by atoms with Crippen molar-refractivity contribution in [3.8, 4) is 11.8 Å². The van der Waals surface area contributed by atoms with Gasteiger partial charge in [0.15, 0.2) is 5.13 Å². The molecule has 0 aliphatic rings. The van der Waals surface area contributed by atoms with Gasteiger partial charge < -0.3 is 10.1 Å². The van der Waals surface area contributed by atoms with Crippen LogP contribution in [0.5, 0.6) is 0 Å². The summed E-state index contributed by atoms with van der Waals surface area (Å²) in [5, 5.41) is 12.7. The van der Waals surface area contributed by atoms with Gasteiger partial charge in [-0.3, -0.25) is 10.1 Å². The maximum Gasteiger partial charge on any atom is 0.259 e. The lowest BCUT2D eigenvalue weighted by Crippen LogP contribution is -2.10. The average Bonchev–Trinajstić information content (AvgIpc) is 3.11. The third-order valence-corrected chi connectivity index (χ3v) is 3.68. The van der Waals surface area contributed by atoms with Gasteiger partial charge in [0.25, 0.3) is 5.91 Å². The summed E-state index contributed by atoms with van der Waals surface area (Å²) in [4.78, 5) is 20.1. The summed E-state index contributed by atoms with van der Waals surface area (Å²) in [5.41, 5.74) is 1.49. The van der Waals surface area contributed by atoms with Crippen LogP contribution in [0, 0.1) is 11.8 Å². The molecule has 0 saturated heterocycles. The molecule has 0 radical (unpaired) electrons. The molecule has 3 aromatic rings. The van der Waals surface area contributed by atoms with Gasteiger partial charge in [-0.2, -0.15) is 0 Å². The quantitative estimate of drug-likeness (QED) is 0.635. The van der Waals surface area contributed by atoms with E-state index < -0.39 is 0 Å². The van der Waals surface area contributed by atoms with Crippen molar-refractivity contribution in [2.75, 3.05) is 11.9 Å². The number of nitrogens with one attached hydrogen (secondary N) is 2. The number of aliphatic hydroxyl groups is 1. The van der Waals surface area contributed by atoms with E-state index in [1.807, 2.05) is 24.3 Å². The van der Waals surface area contributed by atoms with Gasteiger partial charge in [-0.1, -0.05) is 41.4 Å². The summed E-state index contributed by atoms with van der Waals surface area (Å²) in [7, 11) is 0. The molecule has 5 nitrogen and oxygen atoms in total. The number of aliphatic hydroxyl groups excluding tert-OH is 1. The van der Waals surface area contributed by atoms with Gasteiger partial charge in [-0.25, -0.2) is 4.98 Å². The fourth-order valence-corrected chi connectivity index (χ4v) is 2.63. The highest BCUT2D eigenvalue weighted by Gasteiger charge is 2.13. The van der Waals surface area contributed by atoms with Crippen molar-refractivity contribution >= 4 is 33.3 Å². The predicted octanol–water partition coefficient (Wildman–Crippen LogP) is 2.22. The highest BCUT2D eigenvalue weighted by molar-refractivity contribution is 7.16. The van der Waals surface area contributed by atoms with Gasteiger partial charge in [-0.15, -0.1) is 0 Å². The molecule has 21 heavy (non-hydrogen) atoms. The Morgan fingerprint density at radius 2 is 2.29 bits per heavy atom. The minimum atomic E-state index is -0.219. The van der Waals surface area contributed by atoms with Crippen LogP contribution in [0.25, 0.3) is 10.9 Å². The van der Waals surface area contributed by atoms with Gasteiger partial charge in [-0.05, 0) is 6.07 Å². The summed E-state index contributed by atoms with van der Waals surface area (Å²) in [6.45, 7) is -0.199. The molecule has 0 unspecified atom stereocenters. The lowest BCUT2D eigenvalue weighted by atomic mass is 10.2. The molecule has 0 fully saturated rings. The summed E-state index contributed by atoms with van der Waals surface area (Å²) in [6, 6.07) is 7.60. The predicted molar refractivity (Wildman–Crippen MR) is 82.3 cm³/mol. The molecule has 0 aliphatic carbocycles. The van der Waals surface area contributed by atoms with Gasteiger partial charge in [0, 0.05) is 17.1 Å². The number of amides is 1. The standard InChI is InChI=1S/C15H11N3O2S/c19-7-3-4-10-8-17-15(21-10)18-14(20)12-9-16-13-6-2-1-5-11(12)13/h1-2,5-6,8-9,16,19H,7H2,(H,17,18,20). The molecule has 104 valence electrons. The lowest BCUT2D eigenvalue weighted by molar-refractivity contribution is 0.102. The topological polar surface area (TPSA) is 78.0 Å². The third kappa shape index (κ3) is 2.79. The molecule has 3 rings (SSSR count). The van der Waals surface area contributed by atoms with E-state index in [0.717, 1.165) is 10.9 Å². The van der Waals surface area contributed by atoms with Crippen LogP contribution in [-0.4, -0.2) is 27.6 Å². The molecule has 6 heteroatoms. The first-order valence-corrected chi connectivity index (χ1v) is 7.02. The fourth-order valence-electron chi connectivity index (χ4n) is 1.94. The average molecular weight is 297 g/mol. The summed E-state index contributed by atoms with van der Waals surface area (Å²) in [6.07, 6.45) is 3.25. The smallest absolute Gasteiger partial charge is 0.259 e. The number of benzene rings is 1. The Labute approximate surface area is 124 Å². The minimum Gasteiger partial charge on any atom is -0.384 e. The van der Waals surface area contributed by atoms with Gasteiger partial charge in [0.2, 0.25) is 0 Å². The number of rotatable bonds is 2. The number of anilines is 1. The Bertz CT molecular complexity index is 854. The second-order valence-corrected chi connectivity index (χ2v) is 5.22. The van der Waals surface area contributed by atoms with Crippen LogP contribution in [0.4, 0.5) is 5.13 Å². The van der Waals surface area contributed by atoms with Crippen LogP contribution in [0.15, 0.2) is 36.7 Å². The first-order chi connectivity index (χ1) is 10.3. The fraction of sp³-hybridized carbons (Fsp3) is 0.0667. The zero-order chi connectivity index (χ0) is 14.7. The van der Waals surface area contributed by atoms with Crippen molar-refractivity contribution in [3.05, 3.63) is 47.1 Å². The Balaban J connectivity index is 1.81. The van der Waals surface area contributed by atoms with Crippen molar-refractivity contribution < 1.29 is 9.90 Å². The molecule has 0 atom stereocenters. The van der Waals surface area contributed by atoms with Crippen LogP contribution in [0.3, 0.4) is 0 Å². The van der Waals surface area contributed by atoms with E-state index >= 15 is 0 Å². The molecular weight excluding hydrogens is 286 g/mol. The van der Waals surface area contributed by atoms with E-state index in [4.69, 9.17) is 5.11 Å². The van der Waals surface area contributed by atoms with E-state index in [9.17, 15) is 4.79 Å². The maximum absolute atomic E-state index is 12.3. The molecule has 0 saturated carbocycles. The SMILES string of the molecule is O=C(Nc1ncc(C#CCO)s1)c1c[nH]c2ccccc12. The number of hydrogen-bond donors (Lipinski definition) is 3. The first kappa shape index (κ1) is 13.4. The summed E-state index contributed by atoms with van der Waals surface area (Å²) in [5.74, 6) is 5.07. The third-order valence-electron chi connectivity index (χ3n) is 2.85. The Hall–Kier alpha value is -2.62. The van der Waals surface area contributed by atoms with Crippen LogP contribution < -0.4 is 5.32 Å². The molecule has 0 bridgehead atoms. The van der Waals surface area contributed by atoms with E-state index in [1.165, 1.54) is 11.3 Å². The molecule has 0 spiro atoms. The van der Waals surface area contributed by atoms with Crippen molar-refractivity contribution in [3.63, 3.8) is 0 Å². The van der Waals surface area contributed by atoms with E-state index in [2.05, 4.69) is 27.1 Å². The molecule has 1 aromatic carbocycles. The molecule has 0 aliphatic heterocycles. The molecular formula is C15H11N3O2S. The normalized spacial score (nSPS) is 10.1. The van der Waals surface area contributed by atoms with Crippen LogP contribution >= 0.6 is 11.3 Å². The molecule has 2 aromatic heterocycles. The number of carbonyl (C=O) groups excluding carboxylic acids is 1. The summed E-state index contributed by atoms with van der Waals surface area (Å²) < 4.78 is 0. The number of thiazole rings is 1. The lowest BCUT2D eigenvalue weighted by Gasteiger charge is -1.99. The van der Waals surface area contributed by atoms with E-state index in [0.29, 0.717) is 15.6 Å². The van der Waals surface area contributed by atoms with Crippen LogP contribution in [0.1, 0.15) is 15.2 Å². The van der Waals surface area contributed by atoms with Crippen molar-refractivity contribution in [1.29, 1.82) is 0 Å². The van der Waals surface area contributed by atoms with Crippen LogP contribution in [-0.2, 0) is 0 Å². The second-order valence-electron chi connectivity index (χ2n) is 4.19. The van der Waals surface area contributed by atoms with E-state index in [-0.39, 0.29) is 12.5 Å². The highest BCUT2D eigenvalue weighted by Crippen LogP contribution is 2.21. The molecule has 1 amide bonds. The Morgan fingerprint density at radius 1 is 1.43 bits per heavy atom. The van der Waals surface area contributed by atoms with Crippen LogP contribution in [0.2, 0.25) is 0 Å². The Morgan fingerprint density at radius 3 is 3.14 bits per heavy atom. The number of H-pyrrole nitrogens is 1. The van der Waals surface area contributed by atoms with Gasteiger partial charge in [0.1, 0.15) is 6.61 Å². The van der Waals surface area contributed by atoms with E-state index in [1.54, 1.807) is 12.4 Å². The monoisotopic (exact) mass is 297 g/mol. The van der Waals surface area contributed by atoms with Crippen molar-refractivity contribution in [2.45, 2.75) is 0 Å². The Kier molecular flexibility index (Phi) is 3.69. The zero-order valence-corrected chi connectivity index (χ0v) is 11.7. The molecule has 3 N–H and O–H groups in total. The minimum absolute atomic E-state index is 0.199. The van der Waals surface area contributed by atoms with Gasteiger partial charge >= 0.3 is 0 Å².